The molecule has 1 aliphatic heterocycles. The molecule has 3 unspecified atom stereocenters. The van der Waals surface area contributed by atoms with E-state index in [1.54, 1.807) is 0 Å². The monoisotopic (exact) mass is 273 g/mol. The minimum Gasteiger partial charge on any atom is -0.480 e. The third kappa shape index (κ3) is 3.48. The van der Waals surface area contributed by atoms with Crippen molar-refractivity contribution >= 4 is 28.8 Å². The molecule has 1 N–H and O–H groups in total. The highest BCUT2D eigenvalue weighted by molar-refractivity contribution is 8.14. The maximum absolute atomic E-state index is 11.9. The van der Waals surface area contributed by atoms with Crippen LogP contribution < -0.4 is 0 Å². The standard InChI is InChI=1S/C12H19NO4S/c1-4-7(2)11(12(16)17)13-6-9(5-10(13)15)18-8(3)14/h7,9,11H,4-6H2,1-3H3,(H,16,17). The fourth-order valence-corrected chi connectivity index (χ4v) is 3.12. The topological polar surface area (TPSA) is 74.7 Å². The molecule has 102 valence electrons. The highest BCUT2D eigenvalue weighted by Crippen LogP contribution is 2.28. The van der Waals surface area contributed by atoms with Gasteiger partial charge in [-0.2, -0.15) is 0 Å². The number of amides is 1. The molecule has 0 aromatic rings. The lowest BCUT2D eigenvalue weighted by Gasteiger charge is -2.28. The molecule has 0 bridgehead atoms. The third-order valence-corrected chi connectivity index (χ3v) is 4.21. The Balaban J connectivity index is 2.78. The molecule has 1 aliphatic rings. The van der Waals surface area contributed by atoms with E-state index in [2.05, 4.69) is 0 Å². The molecule has 0 aromatic carbocycles. The zero-order valence-electron chi connectivity index (χ0n) is 10.9. The van der Waals surface area contributed by atoms with Gasteiger partial charge < -0.3 is 10.0 Å². The lowest BCUT2D eigenvalue weighted by atomic mass is 9.98. The molecular weight excluding hydrogens is 254 g/mol. The minimum atomic E-state index is -0.967. The largest absolute Gasteiger partial charge is 0.480 e. The molecule has 1 fully saturated rings. The summed E-state index contributed by atoms with van der Waals surface area (Å²) in [5, 5.41) is 9.11. The zero-order chi connectivity index (χ0) is 13.9. The van der Waals surface area contributed by atoms with E-state index >= 15 is 0 Å². The van der Waals surface area contributed by atoms with Crippen molar-refractivity contribution in [1.29, 1.82) is 0 Å². The van der Waals surface area contributed by atoms with Crippen LogP contribution in [0.15, 0.2) is 0 Å². The molecule has 0 aliphatic carbocycles. The van der Waals surface area contributed by atoms with Crippen LogP contribution >= 0.6 is 11.8 Å². The van der Waals surface area contributed by atoms with Crippen LogP contribution in [0.1, 0.15) is 33.6 Å². The fraction of sp³-hybridized carbons (Fsp3) is 0.750. The zero-order valence-corrected chi connectivity index (χ0v) is 11.7. The molecule has 1 rings (SSSR count). The minimum absolute atomic E-state index is 0.0370. The summed E-state index contributed by atoms with van der Waals surface area (Å²) < 4.78 is 0. The van der Waals surface area contributed by atoms with Crippen LogP contribution in [0.4, 0.5) is 0 Å². The molecule has 5 nitrogen and oxygen atoms in total. The number of hydrogen-bond donors (Lipinski definition) is 1. The van der Waals surface area contributed by atoms with Gasteiger partial charge in [-0.05, 0) is 5.92 Å². The molecule has 1 saturated heterocycles. The third-order valence-electron chi connectivity index (χ3n) is 3.23. The van der Waals surface area contributed by atoms with Gasteiger partial charge in [0, 0.05) is 25.1 Å². The predicted octanol–water partition coefficient (Wildman–Crippen LogP) is 1.37. The Morgan fingerprint density at radius 3 is 2.61 bits per heavy atom. The van der Waals surface area contributed by atoms with Gasteiger partial charge in [0.05, 0.1) is 0 Å². The molecular formula is C12H19NO4S. The van der Waals surface area contributed by atoms with Crippen LogP contribution in [-0.2, 0) is 14.4 Å². The number of carboxylic acid groups (broad SMARTS) is 1. The van der Waals surface area contributed by atoms with E-state index in [1.807, 2.05) is 13.8 Å². The summed E-state index contributed by atoms with van der Waals surface area (Å²) in [5.41, 5.74) is 0. The molecule has 0 saturated carbocycles. The Bertz CT molecular complexity index is 358. The van der Waals surface area contributed by atoms with E-state index in [0.29, 0.717) is 13.0 Å². The summed E-state index contributed by atoms with van der Waals surface area (Å²) in [6, 6.07) is -0.778. The van der Waals surface area contributed by atoms with Crippen LogP contribution in [0, 0.1) is 5.92 Å². The van der Waals surface area contributed by atoms with E-state index < -0.39 is 12.0 Å². The van der Waals surface area contributed by atoms with E-state index in [9.17, 15) is 19.5 Å². The first-order valence-electron chi connectivity index (χ1n) is 6.06. The van der Waals surface area contributed by atoms with Gasteiger partial charge in [-0.15, -0.1) is 0 Å². The smallest absolute Gasteiger partial charge is 0.326 e. The van der Waals surface area contributed by atoms with E-state index in [1.165, 1.54) is 11.8 Å². The second-order valence-electron chi connectivity index (χ2n) is 4.65. The molecule has 1 amide bonds. The molecule has 0 spiro atoms. The van der Waals surface area contributed by atoms with Crippen LogP contribution in [0.5, 0.6) is 0 Å². The van der Waals surface area contributed by atoms with Gasteiger partial charge in [-0.25, -0.2) is 4.79 Å². The fourth-order valence-electron chi connectivity index (χ4n) is 2.19. The number of rotatable bonds is 5. The number of hydrogen-bond acceptors (Lipinski definition) is 4. The highest BCUT2D eigenvalue weighted by Gasteiger charge is 2.40. The Hall–Kier alpha value is -1.04. The Labute approximate surface area is 111 Å². The van der Waals surface area contributed by atoms with Crippen molar-refractivity contribution in [2.75, 3.05) is 6.54 Å². The van der Waals surface area contributed by atoms with Gasteiger partial charge >= 0.3 is 5.97 Å². The number of nitrogens with zero attached hydrogens (tertiary/aromatic N) is 1. The van der Waals surface area contributed by atoms with Gasteiger partial charge in [0.25, 0.3) is 0 Å². The summed E-state index contributed by atoms with van der Waals surface area (Å²) in [6.07, 6.45) is 0.954. The molecule has 3 atom stereocenters. The SMILES string of the molecule is CCC(C)C(C(=O)O)N1CC(SC(C)=O)CC1=O. The van der Waals surface area contributed by atoms with E-state index in [0.717, 1.165) is 11.8 Å². The first-order valence-corrected chi connectivity index (χ1v) is 6.94. The summed E-state index contributed by atoms with van der Waals surface area (Å²) in [4.78, 5) is 35.6. The van der Waals surface area contributed by atoms with Crippen molar-refractivity contribution in [3.05, 3.63) is 0 Å². The number of aliphatic carboxylic acids is 1. The molecule has 1 heterocycles. The van der Waals surface area contributed by atoms with Crippen molar-refractivity contribution in [2.45, 2.75) is 44.9 Å². The van der Waals surface area contributed by atoms with Crippen LogP contribution in [0.25, 0.3) is 0 Å². The average molecular weight is 273 g/mol. The maximum Gasteiger partial charge on any atom is 0.326 e. The molecule has 0 radical (unpaired) electrons. The van der Waals surface area contributed by atoms with E-state index in [-0.39, 0.29) is 28.6 Å². The summed E-state index contributed by atoms with van der Waals surface area (Å²) in [7, 11) is 0. The van der Waals surface area contributed by atoms with Crippen molar-refractivity contribution in [1.82, 2.24) is 4.90 Å². The number of carbonyl (C=O) groups excluding carboxylic acids is 2. The van der Waals surface area contributed by atoms with Gasteiger partial charge in [0.2, 0.25) is 5.91 Å². The van der Waals surface area contributed by atoms with Crippen molar-refractivity contribution in [3.8, 4) is 0 Å². The first-order chi connectivity index (χ1) is 8.36. The van der Waals surface area contributed by atoms with Gasteiger partial charge in [-0.1, -0.05) is 32.0 Å². The first kappa shape index (κ1) is 15.0. The van der Waals surface area contributed by atoms with Crippen molar-refractivity contribution < 1.29 is 19.5 Å². The van der Waals surface area contributed by atoms with Gasteiger partial charge in [0.15, 0.2) is 5.12 Å². The van der Waals surface area contributed by atoms with E-state index in [4.69, 9.17) is 0 Å². The van der Waals surface area contributed by atoms with Crippen molar-refractivity contribution in [2.24, 2.45) is 5.92 Å². The van der Waals surface area contributed by atoms with Crippen LogP contribution in [0.2, 0.25) is 0 Å². The number of carbonyl (C=O) groups is 3. The normalized spacial score (nSPS) is 22.9. The number of thioether (sulfide) groups is 1. The summed E-state index contributed by atoms with van der Waals surface area (Å²) in [5.74, 6) is -1.22. The Morgan fingerprint density at radius 1 is 1.56 bits per heavy atom. The Morgan fingerprint density at radius 2 is 2.17 bits per heavy atom. The predicted molar refractivity (Wildman–Crippen MR) is 69.3 cm³/mol. The number of likely N-dealkylation sites (tertiary alicyclic amines) is 1. The second-order valence-corrected chi connectivity index (χ2v) is 6.13. The van der Waals surface area contributed by atoms with Gasteiger partial charge in [-0.3, -0.25) is 9.59 Å². The average Bonchev–Trinajstić information content (AvgIpc) is 2.58. The summed E-state index contributed by atoms with van der Waals surface area (Å²) >= 11 is 1.12. The lowest BCUT2D eigenvalue weighted by Crippen LogP contribution is -2.46. The quantitative estimate of drug-likeness (QED) is 0.818. The number of carboxylic acids is 1. The molecule has 0 aromatic heterocycles. The summed E-state index contributed by atoms with van der Waals surface area (Å²) in [6.45, 7) is 5.55. The lowest BCUT2D eigenvalue weighted by molar-refractivity contribution is -0.150. The second kappa shape index (κ2) is 6.22. The Kier molecular flexibility index (Phi) is 5.19. The van der Waals surface area contributed by atoms with Gasteiger partial charge in [0.1, 0.15) is 6.04 Å². The highest BCUT2D eigenvalue weighted by atomic mass is 32.2. The molecule has 18 heavy (non-hydrogen) atoms. The molecule has 6 heteroatoms. The van der Waals surface area contributed by atoms with Crippen molar-refractivity contribution in [3.63, 3.8) is 0 Å². The maximum atomic E-state index is 11.9. The van der Waals surface area contributed by atoms with Crippen LogP contribution in [-0.4, -0.2) is 44.8 Å². The van der Waals surface area contributed by atoms with Crippen LogP contribution in [0.3, 0.4) is 0 Å².